The quantitative estimate of drug-likeness (QED) is 0.372. The lowest BCUT2D eigenvalue weighted by atomic mass is 9.91. The smallest absolute Gasteiger partial charge is 0.247 e. The van der Waals surface area contributed by atoms with Crippen LogP contribution in [0.4, 0.5) is 0 Å². The number of hydrazone groups is 1. The maximum atomic E-state index is 13.2. The molecule has 1 unspecified atom stereocenters. The van der Waals surface area contributed by atoms with E-state index in [0.29, 0.717) is 29.4 Å². The summed E-state index contributed by atoms with van der Waals surface area (Å²) >= 11 is 0. The fraction of sp³-hybridized carbons (Fsp3) is 0.231. The first kappa shape index (κ1) is 23.7. The molecule has 33 heavy (non-hydrogen) atoms. The Kier molecular flexibility index (Phi) is 8.30. The van der Waals surface area contributed by atoms with Gasteiger partial charge in [-0.3, -0.25) is 4.79 Å². The standard InChI is InChI=1S/C26H28N2O5/c1-30-22-12-10-19(15-24(22)32-3)14-21(20-11-13-23(31-2)25(16-20)33-4)26(29)28-27-17-18-8-6-5-7-9-18/h5-13,15-17,21H,14H2,1-4H3,(H,28,29)/b27-17+. The Bertz CT molecular complexity index is 1100. The van der Waals surface area contributed by atoms with E-state index >= 15 is 0 Å². The fourth-order valence-corrected chi connectivity index (χ4v) is 3.46. The lowest BCUT2D eigenvalue weighted by molar-refractivity contribution is -0.122. The number of hydrogen-bond acceptors (Lipinski definition) is 6. The van der Waals surface area contributed by atoms with Crippen molar-refractivity contribution in [3.05, 3.63) is 83.4 Å². The molecule has 0 bridgehead atoms. The van der Waals surface area contributed by atoms with Gasteiger partial charge in [0.1, 0.15) is 0 Å². The van der Waals surface area contributed by atoms with Gasteiger partial charge in [-0.05, 0) is 47.4 Å². The predicted octanol–water partition coefficient (Wildman–Crippen LogP) is 4.20. The van der Waals surface area contributed by atoms with Crippen LogP contribution in [0.1, 0.15) is 22.6 Å². The van der Waals surface area contributed by atoms with Crippen molar-refractivity contribution in [2.75, 3.05) is 28.4 Å². The molecule has 7 nitrogen and oxygen atoms in total. The molecule has 0 saturated carbocycles. The number of hydrogen-bond donors (Lipinski definition) is 1. The van der Waals surface area contributed by atoms with E-state index in [2.05, 4.69) is 10.5 Å². The molecule has 0 aliphatic carbocycles. The highest BCUT2D eigenvalue weighted by atomic mass is 16.5. The number of ether oxygens (including phenoxy) is 4. The van der Waals surface area contributed by atoms with Crippen molar-refractivity contribution in [3.63, 3.8) is 0 Å². The Morgan fingerprint density at radius 1 is 0.818 bits per heavy atom. The molecule has 1 amide bonds. The van der Waals surface area contributed by atoms with Crippen molar-refractivity contribution in [2.24, 2.45) is 5.10 Å². The van der Waals surface area contributed by atoms with Crippen LogP contribution in [0, 0.1) is 0 Å². The van der Waals surface area contributed by atoms with Crippen LogP contribution in [-0.2, 0) is 11.2 Å². The van der Waals surface area contributed by atoms with Gasteiger partial charge in [-0.15, -0.1) is 0 Å². The molecular weight excluding hydrogens is 420 g/mol. The van der Waals surface area contributed by atoms with Crippen molar-refractivity contribution >= 4 is 12.1 Å². The number of carbonyl (C=O) groups excluding carboxylic acids is 1. The Balaban J connectivity index is 1.90. The number of benzene rings is 3. The van der Waals surface area contributed by atoms with E-state index in [1.165, 1.54) is 0 Å². The average Bonchev–Trinajstić information content (AvgIpc) is 2.87. The van der Waals surface area contributed by atoms with Gasteiger partial charge >= 0.3 is 0 Å². The third kappa shape index (κ3) is 6.04. The Labute approximate surface area is 193 Å². The van der Waals surface area contributed by atoms with Gasteiger partial charge in [-0.2, -0.15) is 5.10 Å². The molecule has 0 radical (unpaired) electrons. The van der Waals surface area contributed by atoms with Crippen LogP contribution >= 0.6 is 0 Å². The second-order valence-corrected chi connectivity index (χ2v) is 7.21. The van der Waals surface area contributed by atoms with E-state index in [4.69, 9.17) is 18.9 Å². The molecule has 0 aliphatic rings. The van der Waals surface area contributed by atoms with Gasteiger partial charge in [0.25, 0.3) is 0 Å². The third-order valence-corrected chi connectivity index (χ3v) is 5.20. The molecule has 0 fully saturated rings. The third-order valence-electron chi connectivity index (χ3n) is 5.20. The molecule has 0 spiro atoms. The number of nitrogens with one attached hydrogen (secondary N) is 1. The summed E-state index contributed by atoms with van der Waals surface area (Å²) in [5, 5.41) is 4.14. The molecule has 3 rings (SSSR count). The zero-order valence-electron chi connectivity index (χ0n) is 19.2. The van der Waals surface area contributed by atoms with Gasteiger partial charge in [0.2, 0.25) is 5.91 Å². The Morgan fingerprint density at radius 3 is 2.06 bits per heavy atom. The molecule has 0 heterocycles. The van der Waals surface area contributed by atoms with E-state index in [9.17, 15) is 4.79 Å². The van der Waals surface area contributed by atoms with Gasteiger partial charge < -0.3 is 18.9 Å². The number of nitrogens with zero attached hydrogens (tertiary/aromatic N) is 1. The van der Waals surface area contributed by atoms with E-state index in [1.807, 2.05) is 60.7 Å². The van der Waals surface area contributed by atoms with Crippen LogP contribution in [0.3, 0.4) is 0 Å². The lowest BCUT2D eigenvalue weighted by Crippen LogP contribution is -2.27. The monoisotopic (exact) mass is 448 g/mol. The summed E-state index contributed by atoms with van der Waals surface area (Å²) in [7, 11) is 6.31. The van der Waals surface area contributed by atoms with Gasteiger partial charge in [-0.1, -0.05) is 42.5 Å². The van der Waals surface area contributed by atoms with Crippen LogP contribution in [-0.4, -0.2) is 40.6 Å². The molecule has 1 atom stereocenters. The summed E-state index contributed by atoms with van der Waals surface area (Å²) in [5.74, 6) is 1.59. The van der Waals surface area contributed by atoms with Crippen molar-refractivity contribution < 1.29 is 23.7 Å². The molecule has 0 aliphatic heterocycles. The number of rotatable bonds is 10. The second-order valence-electron chi connectivity index (χ2n) is 7.21. The number of carbonyl (C=O) groups is 1. The minimum atomic E-state index is -0.532. The summed E-state index contributed by atoms with van der Waals surface area (Å²) in [4.78, 5) is 13.2. The largest absolute Gasteiger partial charge is 0.493 e. The summed E-state index contributed by atoms with van der Waals surface area (Å²) in [5.41, 5.74) is 5.24. The fourth-order valence-electron chi connectivity index (χ4n) is 3.46. The average molecular weight is 449 g/mol. The zero-order valence-corrected chi connectivity index (χ0v) is 19.2. The lowest BCUT2D eigenvalue weighted by Gasteiger charge is -2.18. The molecular formula is C26H28N2O5. The van der Waals surface area contributed by atoms with Crippen LogP contribution in [0.2, 0.25) is 0 Å². The predicted molar refractivity (Wildman–Crippen MR) is 128 cm³/mol. The van der Waals surface area contributed by atoms with Crippen LogP contribution in [0.5, 0.6) is 23.0 Å². The van der Waals surface area contributed by atoms with Gasteiger partial charge in [-0.25, -0.2) is 5.43 Å². The molecule has 3 aromatic rings. The van der Waals surface area contributed by atoms with Gasteiger partial charge in [0, 0.05) is 0 Å². The summed E-state index contributed by atoms with van der Waals surface area (Å²) < 4.78 is 21.5. The van der Waals surface area contributed by atoms with E-state index in [0.717, 1.165) is 16.7 Å². The van der Waals surface area contributed by atoms with Crippen LogP contribution < -0.4 is 24.4 Å². The van der Waals surface area contributed by atoms with Gasteiger partial charge in [0.05, 0.1) is 40.6 Å². The van der Waals surface area contributed by atoms with Crippen molar-refractivity contribution in [3.8, 4) is 23.0 Å². The summed E-state index contributed by atoms with van der Waals surface area (Å²) in [6.45, 7) is 0. The Hall–Kier alpha value is -4.00. The van der Waals surface area contributed by atoms with Crippen LogP contribution in [0.25, 0.3) is 0 Å². The van der Waals surface area contributed by atoms with Crippen LogP contribution in [0.15, 0.2) is 71.8 Å². The summed E-state index contributed by atoms with van der Waals surface area (Å²) in [6, 6.07) is 20.6. The first-order valence-electron chi connectivity index (χ1n) is 10.4. The molecule has 0 saturated heterocycles. The maximum absolute atomic E-state index is 13.2. The van der Waals surface area contributed by atoms with Crippen molar-refractivity contribution in [1.82, 2.24) is 5.43 Å². The van der Waals surface area contributed by atoms with Crippen molar-refractivity contribution in [2.45, 2.75) is 12.3 Å². The minimum Gasteiger partial charge on any atom is -0.493 e. The SMILES string of the molecule is COc1ccc(CC(C(=O)N/N=C/c2ccccc2)c2ccc(OC)c(OC)c2)cc1OC. The number of amides is 1. The normalized spacial score (nSPS) is 11.6. The minimum absolute atomic E-state index is 0.246. The topological polar surface area (TPSA) is 78.4 Å². The highest BCUT2D eigenvalue weighted by Gasteiger charge is 2.23. The maximum Gasteiger partial charge on any atom is 0.247 e. The number of methoxy groups -OCH3 is 4. The first-order valence-corrected chi connectivity index (χ1v) is 10.4. The van der Waals surface area contributed by atoms with Gasteiger partial charge in [0.15, 0.2) is 23.0 Å². The van der Waals surface area contributed by atoms with E-state index < -0.39 is 5.92 Å². The van der Waals surface area contributed by atoms with Crippen molar-refractivity contribution in [1.29, 1.82) is 0 Å². The first-order chi connectivity index (χ1) is 16.1. The molecule has 1 N–H and O–H groups in total. The van der Waals surface area contributed by atoms with E-state index in [-0.39, 0.29) is 5.91 Å². The highest BCUT2D eigenvalue weighted by molar-refractivity contribution is 5.86. The molecule has 0 aromatic heterocycles. The highest BCUT2D eigenvalue weighted by Crippen LogP contribution is 2.34. The molecule has 3 aromatic carbocycles. The Morgan fingerprint density at radius 2 is 1.42 bits per heavy atom. The second kappa shape index (κ2) is 11.6. The molecule has 172 valence electrons. The van der Waals surface area contributed by atoms with E-state index in [1.54, 1.807) is 40.7 Å². The zero-order chi connectivity index (χ0) is 23.6. The molecule has 7 heteroatoms. The summed E-state index contributed by atoms with van der Waals surface area (Å²) in [6.07, 6.45) is 2.03.